The molecule has 0 aromatic carbocycles. The lowest BCUT2D eigenvalue weighted by Gasteiger charge is -2.34. The van der Waals surface area contributed by atoms with Crippen molar-refractivity contribution in [1.29, 1.82) is 0 Å². The Kier molecular flexibility index (Phi) is 5.90. The fourth-order valence-corrected chi connectivity index (χ4v) is 2.73. The minimum Gasteiger partial charge on any atom is -0.374 e. The van der Waals surface area contributed by atoms with Gasteiger partial charge >= 0.3 is 0 Å². The van der Waals surface area contributed by atoms with Crippen molar-refractivity contribution in [2.24, 2.45) is 11.0 Å². The van der Waals surface area contributed by atoms with Gasteiger partial charge in [-0.2, -0.15) is 5.10 Å². The van der Waals surface area contributed by atoms with Crippen molar-refractivity contribution in [3.05, 3.63) is 0 Å². The number of ether oxygens (including phenoxy) is 1. The molecule has 2 heterocycles. The highest BCUT2D eigenvalue weighted by Gasteiger charge is 2.24. The lowest BCUT2D eigenvalue weighted by Crippen LogP contribution is -2.49. The Morgan fingerprint density at radius 3 is 2.91 bits per heavy atom. The molecule has 1 fully saturated rings. The summed E-state index contributed by atoms with van der Waals surface area (Å²) in [5.74, 6) is 0.360. The van der Waals surface area contributed by atoms with E-state index in [-0.39, 0.29) is 17.9 Å². The van der Waals surface area contributed by atoms with Gasteiger partial charge in [-0.3, -0.25) is 14.5 Å². The van der Waals surface area contributed by atoms with Gasteiger partial charge in [0, 0.05) is 46.1 Å². The molecule has 22 heavy (non-hydrogen) atoms. The molecule has 0 radical (unpaired) electrons. The van der Waals surface area contributed by atoms with Gasteiger partial charge in [0.25, 0.3) is 5.91 Å². The molecule has 0 unspecified atom stereocenters. The summed E-state index contributed by atoms with van der Waals surface area (Å²) in [6.45, 7) is 8.41. The number of hydrogen-bond donors (Lipinski definition) is 1. The molecule has 0 spiro atoms. The molecule has 0 aromatic heterocycles. The lowest BCUT2D eigenvalue weighted by molar-refractivity contribution is -0.130. The van der Waals surface area contributed by atoms with Crippen LogP contribution in [0, 0.1) is 5.92 Å². The summed E-state index contributed by atoms with van der Waals surface area (Å²) in [4.78, 5) is 25.8. The van der Waals surface area contributed by atoms with Gasteiger partial charge in [-0.25, -0.2) is 5.01 Å². The van der Waals surface area contributed by atoms with Crippen molar-refractivity contribution in [1.82, 2.24) is 15.2 Å². The van der Waals surface area contributed by atoms with Crippen LogP contribution in [0.25, 0.3) is 0 Å². The Bertz CT molecular complexity index is 450. The van der Waals surface area contributed by atoms with Crippen molar-refractivity contribution >= 4 is 17.5 Å². The van der Waals surface area contributed by atoms with Crippen LogP contribution >= 0.6 is 0 Å². The van der Waals surface area contributed by atoms with E-state index < -0.39 is 0 Å². The normalized spacial score (nSPS) is 23.6. The molecule has 2 aliphatic rings. The van der Waals surface area contributed by atoms with E-state index >= 15 is 0 Å². The summed E-state index contributed by atoms with van der Waals surface area (Å²) < 4.78 is 5.70. The predicted molar refractivity (Wildman–Crippen MR) is 83.5 cm³/mol. The first-order chi connectivity index (χ1) is 10.5. The van der Waals surface area contributed by atoms with Crippen molar-refractivity contribution in [3.63, 3.8) is 0 Å². The molecule has 7 heteroatoms. The van der Waals surface area contributed by atoms with E-state index in [1.807, 2.05) is 0 Å². The number of rotatable bonds is 5. The summed E-state index contributed by atoms with van der Waals surface area (Å²) in [5, 5.41) is 8.13. The van der Waals surface area contributed by atoms with Crippen LogP contribution in [0.3, 0.4) is 0 Å². The zero-order valence-corrected chi connectivity index (χ0v) is 13.7. The average molecular weight is 310 g/mol. The van der Waals surface area contributed by atoms with Crippen molar-refractivity contribution in [2.75, 3.05) is 39.8 Å². The summed E-state index contributed by atoms with van der Waals surface area (Å²) in [5.41, 5.74) is 0.414. The first-order valence-electron chi connectivity index (χ1n) is 7.92. The van der Waals surface area contributed by atoms with Gasteiger partial charge in [-0.15, -0.1) is 0 Å². The SMILES string of the molecule is CC(C)CN1CCO[C@@H](CNC(=O)C2=NN(C)C(=O)CC2)C1. The minimum atomic E-state index is -0.205. The largest absolute Gasteiger partial charge is 0.374 e. The number of hydrazone groups is 1. The topological polar surface area (TPSA) is 74.2 Å². The van der Waals surface area contributed by atoms with Crippen LogP contribution in [0.15, 0.2) is 5.10 Å². The highest BCUT2D eigenvalue weighted by Crippen LogP contribution is 2.09. The number of carbonyl (C=O) groups is 2. The molecule has 124 valence electrons. The number of nitrogens with zero attached hydrogens (tertiary/aromatic N) is 3. The van der Waals surface area contributed by atoms with Gasteiger partial charge in [0.2, 0.25) is 5.91 Å². The Balaban J connectivity index is 1.78. The maximum Gasteiger partial charge on any atom is 0.267 e. The molecule has 2 aliphatic heterocycles. The Morgan fingerprint density at radius 2 is 2.23 bits per heavy atom. The van der Waals surface area contributed by atoms with Gasteiger partial charge < -0.3 is 10.1 Å². The number of hydrogen-bond acceptors (Lipinski definition) is 5. The monoisotopic (exact) mass is 310 g/mol. The van der Waals surface area contributed by atoms with E-state index in [1.165, 1.54) is 5.01 Å². The maximum atomic E-state index is 12.1. The van der Waals surface area contributed by atoms with Crippen LogP contribution in [-0.4, -0.2) is 73.4 Å². The van der Waals surface area contributed by atoms with Crippen LogP contribution < -0.4 is 5.32 Å². The van der Waals surface area contributed by atoms with Crippen LogP contribution in [0.4, 0.5) is 0 Å². The molecule has 2 rings (SSSR count). The third-order valence-electron chi connectivity index (χ3n) is 3.81. The summed E-state index contributed by atoms with van der Waals surface area (Å²) in [6.07, 6.45) is 0.755. The first kappa shape index (κ1) is 16.9. The fraction of sp³-hybridized carbons (Fsp3) is 0.800. The van der Waals surface area contributed by atoms with E-state index in [9.17, 15) is 9.59 Å². The van der Waals surface area contributed by atoms with E-state index in [1.54, 1.807) is 7.05 Å². The lowest BCUT2D eigenvalue weighted by atomic mass is 10.1. The molecule has 0 aliphatic carbocycles. The standard InChI is InChI=1S/C15H26N4O3/c1-11(2)9-19-6-7-22-12(10-19)8-16-15(21)13-4-5-14(20)18(3)17-13/h11-12H,4-10H2,1-3H3,(H,16,21)/t12-/m0/s1. The van der Waals surface area contributed by atoms with Gasteiger partial charge in [0.1, 0.15) is 5.71 Å². The molecule has 1 saturated heterocycles. The average Bonchev–Trinajstić information content (AvgIpc) is 2.47. The van der Waals surface area contributed by atoms with Gasteiger partial charge in [0.05, 0.1) is 12.7 Å². The highest BCUT2D eigenvalue weighted by molar-refractivity contribution is 6.39. The van der Waals surface area contributed by atoms with Crippen molar-refractivity contribution in [2.45, 2.75) is 32.8 Å². The quantitative estimate of drug-likeness (QED) is 0.780. The third-order valence-corrected chi connectivity index (χ3v) is 3.81. The summed E-state index contributed by atoms with van der Waals surface area (Å²) in [6, 6.07) is 0. The molecule has 1 atom stereocenters. The summed E-state index contributed by atoms with van der Waals surface area (Å²) in [7, 11) is 1.57. The van der Waals surface area contributed by atoms with Crippen LogP contribution in [0.1, 0.15) is 26.7 Å². The molecular weight excluding hydrogens is 284 g/mol. The second-order valence-electron chi connectivity index (χ2n) is 6.32. The van der Waals surface area contributed by atoms with E-state index in [0.717, 1.165) is 19.6 Å². The van der Waals surface area contributed by atoms with Crippen molar-refractivity contribution < 1.29 is 14.3 Å². The molecule has 1 N–H and O–H groups in total. The van der Waals surface area contributed by atoms with Crippen LogP contribution in [0.2, 0.25) is 0 Å². The Hall–Kier alpha value is -1.47. The second kappa shape index (κ2) is 7.69. The second-order valence-corrected chi connectivity index (χ2v) is 6.32. The first-order valence-corrected chi connectivity index (χ1v) is 7.92. The third kappa shape index (κ3) is 4.78. The fourth-order valence-electron chi connectivity index (χ4n) is 2.73. The van der Waals surface area contributed by atoms with E-state index in [2.05, 4.69) is 29.2 Å². The zero-order valence-electron chi connectivity index (χ0n) is 13.7. The molecule has 0 bridgehead atoms. The molecule has 0 saturated carbocycles. The smallest absolute Gasteiger partial charge is 0.267 e. The zero-order chi connectivity index (χ0) is 16.1. The van der Waals surface area contributed by atoms with E-state index in [0.29, 0.717) is 37.6 Å². The summed E-state index contributed by atoms with van der Waals surface area (Å²) >= 11 is 0. The van der Waals surface area contributed by atoms with Gasteiger partial charge in [-0.1, -0.05) is 13.8 Å². The molecular formula is C15H26N4O3. The molecule has 7 nitrogen and oxygen atoms in total. The van der Waals surface area contributed by atoms with E-state index in [4.69, 9.17) is 4.74 Å². The number of amides is 2. The van der Waals surface area contributed by atoms with Crippen LogP contribution in [-0.2, 0) is 14.3 Å². The highest BCUT2D eigenvalue weighted by atomic mass is 16.5. The predicted octanol–water partition coefficient (Wildman–Crippen LogP) is 0.0676. The number of carbonyl (C=O) groups excluding carboxylic acids is 2. The van der Waals surface area contributed by atoms with Crippen LogP contribution in [0.5, 0.6) is 0 Å². The Labute approximate surface area is 131 Å². The number of nitrogens with one attached hydrogen (secondary N) is 1. The molecule has 0 aromatic rings. The number of morpholine rings is 1. The van der Waals surface area contributed by atoms with Gasteiger partial charge in [-0.05, 0) is 5.92 Å². The Morgan fingerprint density at radius 1 is 1.45 bits per heavy atom. The minimum absolute atomic E-state index is 0.0139. The van der Waals surface area contributed by atoms with Crippen molar-refractivity contribution in [3.8, 4) is 0 Å². The van der Waals surface area contributed by atoms with Gasteiger partial charge in [0.15, 0.2) is 0 Å². The maximum absolute atomic E-state index is 12.1. The molecule has 2 amide bonds.